The van der Waals surface area contributed by atoms with E-state index in [9.17, 15) is 9.59 Å². The summed E-state index contributed by atoms with van der Waals surface area (Å²) in [5, 5.41) is 12.1. The van der Waals surface area contributed by atoms with Gasteiger partial charge in [-0.1, -0.05) is 0 Å². The van der Waals surface area contributed by atoms with E-state index >= 15 is 0 Å². The maximum atomic E-state index is 11.4. The Labute approximate surface area is 109 Å². The fourth-order valence-electron chi connectivity index (χ4n) is 1.41. The van der Waals surface area contributed by atoms with Crippen LogP contribution in [0.25, 0.3) is 0 Å². The second kappa shape index (κ2) is 6.73. The summed E-state index contributed by atoms with van der Waals surface area (Å²) in [6.45, 7) is 8.36. The van der Waals surface area contributed by atoms with Crippen LogP contribution in [0, 0.1) is 10.8 Å². The van der Waals surface area contributed by atoms with E-state index in [4.69, 9.17) is 9.84 Å². The standard InChI is InChI=1S/C13H25NO4/c1-12(2,10(15)16)6-8-14-9-7-13(3,4)11(17)18-5/h14H,6-9H2,1-5H3,(H,15,16). The molecular weight excluding hydrogens is 234 g/mol. The zero-order valence-corrected chi connectivity index (χ0v) is 12.0. The first kappa shape index (κ1) is 16.9. The highest BCUT2D eigenvalue weighted by Gasteiger charge is 2.28. The lowest BCUT2D eigenvalue weighted by molar-refractivity contribution is -0.151. The number of hydrogen-bond donors (Lipinski definition) is 2. The van der Waals surface area contributed by atoms with Crippen LogP contribution in [0.4, 0.5) is 0 Å². The molecule has 0 unspecified atom stereocenters. The number of hydrogen-bond acceptors (Lipinski definition) is 4. The van der Waals surface area contributed by atoms with Gasteiger partial charge in [0.25, 0.3) is 0 Å². The van der Waals surface area contributed by atoms with E-state index < -0.39 is 16.8 Å². The molecule has 106 valence electrons. The summed E-state index contributed by atoms with van der Waals surface area (Å²) in [6.07, 6.45) is 1.22. The first-order valence-electron chi connectivity index (χ1n) is 6.16. The van der Waals surface area contributed by atoms with E-state index in [0.717, 1.165) is 0 Å². The maximum absolute atomic E-state index is 11.4. The average molecular weight is 259 g/mol. The van der Waals surface area contributed by atoms with Crippen LogP contribution in [0.3, 0.4) is 0 Å². The van der Waals surface area contributed by atoms with Crippen LogP contribution in [0.5, 0.6) is 0 Å². The number of carbonyl (C=O) groups is 2. The topological polar surface area (TPSA) is 75.6 Å². The fourth-order valence-corrected chi connectivity index (χ4v) is 1.41. The number of methoxy groups -OCH3 is 1. The molecule has 18 heavy (non-hydrogen) atoms. The third-order valence-electron chi connectivity index (χ3n) is 3.17. The predicted molar refractivity (Wildman–Crippen MR) is 69.3 cm³/mol. The first-order chi connectivity index (χ1) is 8.13. The minimum atomic E-state index is -0.792. The summed E-state index contributed by atoms with van der Waals surface area (Å²) in [5.41, 5.74) is -1.23. The molecule has 0 aliphatic heterocycles. The molecule has 0 aromatic heterocycles. The molecule has 0 atom stereocenters. The highest BCUT2D eigenvalue weighted by Crippen LogP contribution is 2.22. The average Bonchev–Trinajstić information content (AvgIpc) is 2.26. The van der Waals surface area contributed by atoms with Crippen LogP contribution in [0.2, 0.25) is 0 Å². The van der Waals surface area contributed by atoms with E-state index in [-0.39, 0.29) is 5.97 Å². The second-order valence-electron chi connectivity index (χ2n) is 5.81. The number of carboxylic acid groups (broad SMARTS) is 1. The van der Waals surface area contributed by atoms with Gasteiger partial charge < -0.3 is 15.2 Å². The molecule has 5 nitrogen and oxygen atoms in total. The fraction of sp³-hybridized carbons (Fsp3) is 0.846. The Morgan fingerprint density at radius 1 is 1.06 bits per heavy atom. The van der Waals surface area contributed by atoms with E-state index in [0.29, 0.717) is 25.9 Å². The van der Waals surface area contributed by atoms with Crippen LogP contribution in [-0.4, -0.2) is 37.2 Å². The Hall–Kier alpha value is -1.10. The van der Waals surface area contributed by atoms with Gasteiger partial charge in [0, 0.05) is 0 Å². The minimum absolute atomic E-state index is 0.227. The van der Waals surface area contributed by atoms with Gasteiger partial charge in [-0.15, -0.1) is 0 Å². The molecule has 0 rings (SSSR count). The van der Waals surface area contributed by atoms with Gasteiger partial charge in [0.05, 0.1) is 17.9 Å². The maximum Gasteiger partial charge on any atom is 0.311 e. The van der Waals surface area contributed by atoms with Crippen molar-refractivity contribution in [3.63, 3.8) is 0 Å². The van der Waals surface area contributed by atoms with Crippen LogP contribution in [0.15, 0.2) is 0 Å². The van der Waals surface area contributed by atoms with E-state index in [1.165, 1.54) is 7.11 Å². The summed E-state index contributed by atoms with van der Waals surface area (Å²) in [7, 11) is 1.38. The molecule has 0 fully saturated rings. The Balaban J connectivity index is 3.88. The number of aliphatic carboxylic acids is 1. The molecule has 0 heterocycles. The number of rotatable bonds is 8. The third-order valence-corrected chi connectivity index (χ3v) is 3.17. The van der Waals surface area contributed by atoms with Crippen molar-refractivity contribution in [2.75, 3.05) is 20.2 Å². The normalized spacial score (nSPS) is 12.3. The molecule has 0 saturated carbocycles. The zero-order valence-electron chi connectivity index (χ0n) is 12.0. The van der Waals surface area contributed by atoms with Crippen molar-refractivity contribution in [2.24, 2.45) is 10.8 Å². The number of carboxylic acids is 1. The van der Waals surface area contributed by atoms with Crippen molar-refractivity contribution in [2.45, 2.75) is 40.5 Å². The van der Waals surface area contributed by atoms with Crippen LogP contribution in [0.1, 0.15) is 40.5 Å². The lowest BCUT2D eigenvalue weighted by Gasteiger charge is -2.22. The molecule has 0 saturated heterocycles. The van der Waals surface area contributed by atoms with Gasteiger partial charge in [-0.25, -0.2) is 0 Å². The highest BCUT2D eigenvalue weighted by molar-refractivity contribution is 5.75. The molecule has 0 aromatic rings. The van der Waals surface area contributed by atoms with Gasteiger partial charge in [-0.05, 0) is 53.6 Å². The molecule has 2 N–H and O–H groups in total. The monoisotopic (exact) mass is 259 g/mol. The van der Waals surface area contributed by atoms with Crippen molar-refractivity contribution in [1.82, 2.24) is 5.32 Å². The summed E-state index contributed by atoms with van der Waals surface area (Å²) in [4.78, 5) is 22.3. The first-order valence-corrected chi connectivity index (χ1v) is 6.16. The van der Waals surface area contributed by atoms with Crippen molar-refractivity contribution in [3.05, 3.63) is 0 Å². The molecule has 0 aliphatic carbocycles. The second-order valence-corrected chi connectivity index (χ2v) is 5.81. The van der Waals surface area contributed by atoms with Crippen molar-refractivity contribution in [3.8, 4) is 0 Å². The largest absolute Gasteiger partial charge is 0.481 e. The number of esters is 1. The summed E-state index contributed by atoms with van der Waals surface area (Å²) in [6, 6.07) is 0. The van der Waals surface area contributed by atoms with Crippen LogP contribution in [-0.2, 0) is 14.3 Å². The zero-order chi connectivity index (χ0) is 14.4. The van der Waals surface area contributed by atoms with Crippen LogP contribution < -0.4 is 5.32 Å². The van der Waals surface area contributed by atoms with Gasteiger partial charge in [0.2, 0.25) is 0 Å². The quantitative estimate of drug-likeness (QED) is 0.512. The Bertz CT molecular complexity index is 297. The Kier molecular flexibility index (Phi) is 6.32. The number of carbonyl (C=O) groups excluding carboxylic acids is 1. The van der Waals surface area contributed by atoms with Gasteiger partial charge >= 0.3 is 11.9 Å². The highest BCUT2D eigenvalue weighted by atomic mass is 16.5. The molecule has 0 aliphatic rings. The Morgan fingerprint density at radius 2 is 1.50 bits per heavy atom. The van der Waals surface area contributed by atoms with Gasteiger partial charge in [-0.2, -0.15) is 0 Å². The molecule has 0 amide bonds. The molecule has 0 aromatic carbocycles. The predicted octanol–water partition coefficient (Wildman–Crippen LogP) is 1.67. The molecule has 0 bridgehead atoms. The van der Waals surface area contributed by atoms with E-state index in [1.807, 2.05) is 13.8 Å². The minimum Gasteiger partial charge on any atom is -0.481 e. The Morgan fingerprint density at radius 3 is 1.89 bits per heavy atom. The lowest BCUT2D eigenvalue weighted by Crippen LogP contribution is -2.33. The summed E-state index contributed by atoms with van der Waals surface area (Å²) >= 11 is 0. The molecule has 5 heteroatoms. The number of ether oxygens (including phenoxy) is 1. The summed E-state index contributed by atoms with van der Waals surface area (Å²) < 4.78 is 4.71. The SMILES string of the molecule is COC(=O)C(C)(C)CCNCCC(C)(C)C(=O)O. The molecule has 0 spiro atoms. The van der Waals surface area contributed by atoms with E-state index in [1.54, 1.807) is 13.8 Å². The third kappa shape index (κ3) is 5.49. The smallest absolute Gasteiger partial charge is 0.311 e. The van der Waals surface area contributed by atoms with Crippen molar-refractivity contribution >= 4 is 11.9 Å². The van der Waals surface area contributed by atoms with Crippen LogP contribution >= 0.6 is 0 Å². The van der Waals surface area contributed by atoms with E-state index in [2.05, 4.69) is 5.32 Å². The van der Waals surface area contributed by atoms with Gasteiger partial charge in [0.15, 0.2) is 0 Å². The lowest BCUT2D eigenvalue weighted by atomic mass is 9.88. The van der Waals surface area contributed by atoms with Crippen molar-refractivity contribution in [1.29, 1.82) is 0 Å². The van der Waals surface area contributed by atoms with Gasteiger partial charge in [-0.3, -0.25) is 9.59 Å². The number of nitrogens with one attached hydrogen (secondary N) is 1. The van der Waals surface area contributed by atoms with Crippen molar-refractivity contribution < 1.29 is 19.4 Å². The van der Waals surface area contributed by atoms with Gasteiger partial charge in [0.1, 0.15) is 0 Å². The summed E-state index contributed by atoms with van der Waals surface area (Å²) in [5.74, 6) is -1.02. The molecule has 0 radical (unpaired) electrons. The molecular formula is C13H25NO4.